The van der Waals surface area contributed by atoms with E-state index in [-0.39, 0.29) is 11.7 Å². The number of amides is 2. The summed E-state index contributed by atoms with van der Waals surface area (Å²) in [6.45, 7) is 10.3. The molecule has 0 bridgehead atoms. The van der Waals surface area contributed by atoms with Crippen LogP contribution in [0.15, 0.2) is 36.5 Å². The van der Waals surface area contributed by atoms with E-state index < -0.39 is 11.5 Å². The zero-order valence-electron chi connectivity index (χ0n) is 22.5. The van der Waals surface area contributed by atoms with Gasteiger partial charge in [-0.05, 0) is 52.3 Å². The molecule has 1 aliphatic heterocycles. The van der Waals surface area contributed by atoms with Crippen molar-refractivity contribution in [2.75, 3.05) is 43.0 Å². The van der Waals surface area contributed by atoms with E-state index in [0.29, 0.717) is 70.9 Å². The average molecular weight is 575 g/mol. The van der Waals surface area contributed by atoms with Crippen molar-refractivity contribution in [1.82, 2.24) is 9.88 Å². The summed E-state index contributed by atoms with van der Waals surface area (Å²) in [5.74, 6) is 0.0186. The first kappa shape index (κ1) is 28.6. The van der Waals surface area contributed by atoms with Gasteiger partial charge in [0.15, 0.2) is 0 Å². The number of rotatable bonds is 6. The third kappa shape index (κ3) is 6.59. The van der Waals surface area contributed by atoms with Gasteiger partial charge in [-0.2, -0.15) is 0 Å². The van der Waals surface area contributed by atoms with Crippen molar-refractivity contribution in [3.63, 3.8) is 0 Å². The van der Waals surface area contributed by atoms with E-state index in [4.69, 9.17) is 38.4 Å². The first-order valence-electron chi connectivity index (χ1n) is 12.8. The van der Waals surface area contributed by atoms with E-state index >= 15 is 0 Å². The molecule has 1 fully saturated rings. The van der Waals surface area contributed by atoms with Gasteiger partial charge in [0.05, 0.1) is 44.8 Å². The fraction of sp³-hybridized carbons (Fsp3) is 0.393. The Hall–Kier alpha value is -3.43. The summed E-state index contributed by atoms with van der Waals surface area (Å²) < 4.78 is 11.6. The van der Waals surface area contributed by atoms with Crippen molar-refractivity contribution in [3.8, 4) is 5.75 Å². The quantitative estimate of drug-likeness (QED) is 0.359. The Morgan fingerprint density at radius 2 is 1.90 bits per heavy atom. The number of nitrogens with two attached hydrogens (primary N) is 1. The van der Waals surface area contributed by atoms with Crippen LogP contribution in [0.25, 0.3) is 10.9 Å². The molecule has 0 radical (unpaired) electrons. The van der Waals surface area contributed by atoms with Gasteiger partial charge in [0.1, 0.15) is 11.4 Å². The maximum absolute atomic E-state index is 12.7. The molecule has 208 valence electrons. The summed E-state index contributed by atoms with van der Waals surface area (Å²) in [6, 6.07) is 8.99. The maximum atomic E-state index is 12.7. The molecule has 0 aliphatic carbocycles. The topological polar surface area (TPSA) is 110 Å². The standard InChI is InChI=1S/C28H33Cl2N5O4/c1-5-38-23-15-21-17(14-22(23)34-10-7-11-35(13-12-34)27(37)39-28(2,3)4)25(18(16-32-21)26(31)36)33-20-9-6-8-19(29)24(20)30/h6,8-9,14-16H,5,7,10-13H2,1-4H3,(H2,31,36)(H,32,33). The lowest BCUT2D eigenvalue weighted by Crippen LogP contribution is -2.39. The molecule has 3 aromatic rings. The molecule has 0 saturated carbocycles. The zero-order chi connectivity index (χ0) is 28.3. The Morgan fingerprint density at radius 1 is 1.13 bits per heavy atom. The number of carbonyl (C=O) groups is 2. The second-order valence-corrected chi connectivity index (χ2v) is 11.0. The SMILES string of the molecule is CCOc1cc2ncc(C(N)=O)c(Nc3cccc(Cl)c3Cl)c2cc1N1CCCN(C(=O)OC(C)(C)C)CC1. The van der Waals surface area contributed by atoms with E-state index in [0.717, 1.165) is 12.1 Å². The second-order valence-electron chi connectivity index (χ2n) is 10.2. The minimum absolute atomic E-state index is 0.209. The van der Waals surface area contributed by atoms with Gasteiger partial charge < -0.3 is 30.3 Å². The molecule has 39 heavy (non-hydrogen) atoms. The van der Waals surface area contributed by atoms with Gasteiger partial charge in [0.25, 0.3) is 5.91 Å². The molecular formula is C28H33Cl2N5O4. The number of pyridine rings is 1. The van der Waals surface area contributed by atoms with E-state index in [9.17, 15) is 9.59 Å². The average Bonchev–Trinajstić information content (AvgIpc) is 3.12. The van der Waals surface area contributed by atoms with Crippen molar-refractivity contribution < 1.29 is 19.1 Å². The highest BCUT2D eigenvalue weighted by Crippen LogP contribution is 2.40. The van der Waals surface area contributed by atoms with Crippen LogP contribution in [0.4, 0.5) is 21.9 Å². The number of carbonyl (C=O) groups excluding carboxylic acids is 2. The lowest BCUT2D eigenvalue weighted by atomic mass is 10.1. The van der Waals surface area contributed by atoms with Crippen molar-refractivity contribution >= 4 is 63.2 Å². The first-order chi connectivity index (χ1) is 18.5. The highest BCUT2D eigenvalue weighted by Gasteiger charge is 2.26. The van der Waals surface area contributed by atoms with Gasteiger partial charge in [0.2, 0.25) is 0 Å². The number of nitrogens with zero attached hydrogens (tertiary/aromatic N) is 3. The number of primary amides is 1. The number of aromatic nitrogens is 1. The van der Waals surface area contributed by atoms with Gasteiger partial charge in [-0.15, -0.1) is 0 Å². The summed E-state index contributed by atoms with van der Waals surface area (Å²) in [5, 5.41) is 4.61. The Balaban J connectivity index is 1.77. The third-order valence-corrected chi connectivity index (χ3v) is 7.03. The third-order valence-electron chi connectivity index (χ3n) is 6.21. The summed E-state index contributed by atoms with van der Waals surface area (Å²) in [4.78, 5) is 33.5. The van der Waals surface area contributed by atoms with Crippen molar-refractivity contribution in [3.05, 3.63) is 52.1 Å². The minimum Gasteiger partial charge on any atom is -0.492 e. The highest BCUT2D eigenvalue weighted by molar-refractivity contribution is 6.43. The summed E-state index contributed by atoms with van der Waals surface area (Å²) in [7, 11) is 0. The molecule has 11 heteroatoms. The summed E-state index contributed by atoms with van der Waals surface area (Å²) in [5.41, 5.74) is 7.79. The predicted molar refractivity (Wildman–Crippen MR) is 156 cm³/mol. The Kier molecular flexibility index (Phi) is 8.61. The maximum Gasteiger partial charge on any atom is 0.410 e. The van der Waals surface area contributed by atoms with Gasteiger partial charge in [-0.1, -0.05) is 29.3 Å². The minimum atomic E-state index is -0.636. The number of hydrogen-bond donors (Lipinski definition) is 2. The number of ether oxygens (including phenoxy) is 2. The fourth-order valence-electron chi connectivity index (χ4n) is 4.45. The fourth-order valence-corrected chi connectivity index (χ4v) is 4.80. The van der Waals surface area contributed by atoms with Crippen LogP contribution >= 0.6 is 23.2 Å². The predicted octanol–water partition coefficient (Wildman–Crippen LogP) is 6.23. The molecule has 0 unspecified atom stereocenters. The molecular weight excluding hydrogens is 541 g/mol. The van der Waals surface area contributed by atoms with E-state index in [1.807, 2.05) is 39.8 Å². The molecule has 0 spiro atoms. The molecule has 2 amide bonds. The van der Waals surface area contributed by atoms with Crippen molar-refractivity contribution in [2.45, 2.75) is 39.7 Å². The van der Waals surface area contributed by atoms with Crippen LogP contribution in [-0.4, -0.2) is 60.3 Å². The number of nitrogens with one attached hydrogen (secondary N) is 1. The number of halogens is 2. The molecule has 3 N–H and O–H groups in total. The van der Waals surface area contributed by atoms with Crippen LogP contribution in [0.2, 0.25) is 10.0 Å². The Bertz CT molecular complexity index is 1390. The van der Waals surface area contributed by atoms with Gasteiger partial charge in [0, 0.05) is 43.8 Å². The lowest BCUT2D eigenvalue weighted by Gasteiger charge is -2.28. The molecule has 1 aliphatic rings. The highest BCUT2D eigenvalue weighted by atomic mass is 35.5. The van der Waals surface area contributed by atoms with Crippen LogP contribution in [0.5, 0.6) is 5.75 Å². The molecule has 1 saturated heterocycles. The van der Waals surface area contributed by atoms with Gasteiger partial charge in [-0.3, -0.25) is 9.78 Å². The Morgan fingerprint density at radius 3 is 2.59 bits per heavy atom. The van der Waals surface area contributed by atoms with Gasteiger partial charge in [-0.25, -0.2) is 4.79 Å². The zero-order valence-corrected chi connectivity index (χ0v) is 24.0. The number of fused-ring (bicyclic) bond motifs is 1. The van der Waals surface area contributed by atoms with Gasteiger partial charge >= 0.3 is 6.09 Å². The molecule has 0 atom stereocenters. The van der Waals surface area contributed by atoms with E-state index in [1.54, 1.807) is 23.1 Å². The second kappa shape index (κ2) is 11.8. The number of hydrogen-bond acceptors (Lipinski definition) is 7. The van der Waals surface area contributed by atoms with Crippen molar-refractivity contribution in [1.29, 1.82) is 0 Å². The van der Waals surface area contributed by atoms with E-state index in [1.165, 1.54) is 6.20 Å². The number of benzene rings is 2. The molecule has 4 rings (SSSR count). The lowest BCUT2D eigenvalue weighted by molar-refractivity contribution is 0.0263. The molecule has 2 heterocycles. The van der Waals surface area contributed by atoms with E-state index in [2.05, 4.69) is 15.2 Å². The van der Waals surface area contributed by atoms with Crippen LogP contribution in [0.3, 0.4) is 0 Å². The molecule has 9 nitrogen and oxygen atoms in total. The van der Waals surface area contributed by atoms with Crippen LogP contribution < -0.4 is 20.7 Å². The summed E-state index contributed by atoms with van der Waals surface area (Å²) in [6.07, 6.45) is 1.85. The first-order valence-corrected chi connectivity index (χ1v) is 13.6. The monoisotopic (exact) mass is 573 g/mol. The van der Waals surface area contributed by atoms with Crippen LogP contribution in [-0.2, 0) is 4.74 Å². The number of anilines is 3. The smallest absolute Gasteiger partial charge is 0.410 e. The van der Waals surface area contributed by atoms with Crippen LogP contribution in [0, 0.1) is 0 Å². The largest absolute Gasteiger partial charge is 0.492 e. The Labute approximate surface area is 238 Å². The normalized spacial score (nSPS) is 14.2. The molecule has 1 aromatic heterocycles. The molecule has 2 aromatic carbocycles. The summed E-state index contributed by atoms with van der Waals surface area (Å²) >= 11 is 12.7. The van der Waals surface area contributed by atoms with Crippen molar-refractivity contribution in [2.24, 2.45) is 5.73 Å². The van der Waals surface area contributed by atoms with Crippen LogP contribution in [0.1, 0.15) is 44.5 Å².